The molecule has 132 valence electrons. The van der Waals surface area contributed by atoms with E-state index in [1.54, 1.807) is 0 Å². The molecule has 0 unspecified atom stereocenters. The number of nitrogens with zero attached hydrogens (tertiary/aromatic N) is 1. The molecule has 0 radical (unpaired) electrons. The van der Waals surface area contributed by atoms with Gasteiger partial charge in [-0.2, -0.15) is 0 Å². The van der Waals surface area contributed by atoms with Gasteiger partial charge in [0.25, 0.3) is 0 Å². The largest absolute Gasteiger partial charge is 0.466 e. The maximum Gasteiger partial charge on any atom is 0.306 e. The highest BCUT2D eigenvalue weighted by Crippen LogP contribution is 2.36. The molecule has 3 rings (SSSR count). The molecule has 2 aromatic rings. The number of para-hydroxylation sites is 1. The number of hydrogen-bond donors (Lipinski definition) is 0. The van der Waals surface area contributed by atoms with Crippen LogP contribution in [-0.4, -0.2) is 18.6 Å². The summed E-state index contributed by atoms with van der Waals surface area (Å²) in [5.74, 6) is 0.301. The van der Waals surface area contributed by atoms with Crippen LogP contribution >= 0.6 is 0 Å². The SMILES string of the molecule is CCOC(=O)C[C@@H]1CCC[C@@H]1N(Cc1ccccc1)c1ccccc1. The van der Waals surface area contributed by atoms with Gasteiger partial charge in [-0.05, 0) is 43.4 Å². The Morgan fingerprint density at radius 1 is 1.04 bits per heavy atom. The predicted octanol–water partition coefficient (Wildman–Crippen LogP) is 4.82. The number of rotatable bonds is 7. The molecule has 1 aliphatic rings. The summed E-state index contributed by atoms with van der Waals surface area (Å²) in [6, 6.07) is 21.5. The highest BCUT2D eigenvalue weighted by molar-refractivity contribution is 5.70. The van der Waals surface area contributed by atoms with Gasteiger partial charge in [0, 0.05) is 18.3 Å². The minimum Gasteiger partial charge on any atom is -0.466 e. The Hall–Kier alpha value is -2.29. The number of esters is 1. The van der Waals surface area contributed by atoms with E-state index in [-0.39, 0.29) is 5.97 Å². The van der Waals surface area contributed by atoms with E-state index in [1.807, 2.05) is 6.92 Å². The van der Waals surface area contributed by atoms with Crippen LogP contribution in [0.15, 0.2) is 60.7 Å². The van der Waals surface area contributed by atoms with Crippen LogP contribution in [0.2, 0.25) is 0 Å². The second kappa shape index (κ2) is 8.70. The van der Waals surface area contributed by atoms with E-state index < -0.39 is 0 Å². The molecule has 1 fully saturated rings. The first-order valence-electron chi connectivity index (χ1n) is 9.29. The average molecular weight is 337 g/mol. The number of carbonyl (C=O) groups is 1. The molecule has 0 spiro atoms. The molecule has 2 atom stereocenters. The van der Waals surface area contributed by atoms with Crippen LogP contribution in [-0.2, 0) is 16.1 Å². The summed E-state index contributed by atoms with van der Waals surface area (Å²) in [6.45, 7) is 3.20. The van der Waals surface area contributed by atoms with Crippen molar-refractivity contribution in [2.24, 2.45) is 5.92 Å². The van der Waals surface area contributed by atoms with Crippen LogP contribution in [0.4, 0.5) is 5.69 Å². The molecular formula is C22H27NO2. The quantitative estimate of drug-likeness (QED) is 0.679. The van der Waals surface area contributed by atoms with Crippen LogP contribution in [0, 0.1) is 5.92 Å². The molecule has 1 aliphatic carbocycles. The van der Waals surface area contributed by atoms with Gasteiger partial charge in [-0.1, -0.05) is 55.0 Å². The van der Waals surface area contributed by atoms with Gasteiger partial charge in [0.05, 0.1) is 13.0 Å². The van der Waals surface area contributed by atoms with Crippen molar-refractivity contribution < 1.29 is 9.53 Å². The lowest BCUT2D eigenvalue weighted by atomic mass is 9.97. The average Bonchev–Trinajstić information content (AvgIpc) is 3.09. The number of hydrogen-bond acceptors (Lipinski definition) is 3. The Kier molecular flexibility index (Phi) is 6.10. The highest BCUT2D eigenvalue weighted by Gasteiger charge is 2.34. The van der Waals surface area contributed by atoms with E-state index in [9.17, 15) is 4.79 Å². The monoisotopic (exact) mass is 337 g/mol. The zero-order valence-electron chi connectivity index (χ0n) is 14.9. The van der Waals surface area contributed by atoms with Crippen molar-refractivity contribution in [3.8, 4) is 0 Å². The van der Waals surface area contributed by atoms with Crippen molar-refractivity contribution in [2.75, 3.05) is 11.5 Å². The second-order valence-electron chi connectivity index (χ2n) is 6.72. The van der Waals surface area contributed by atoms with Gasteiger partial charge in [-0.3, -0.25) is 4.79 Å². The lowest BCUT2D eigenvalue weighted by Crippen LogP contribution is -2.38. The van der Waals surface area contributed by atoms with Crippen molar-refractivity contribution in [3.05, 3.63) is 66.2 Å². The molecule has 0 heterocycles. The third-order valence-electron chi connectivity index (χ3n) is 5.04. The van der Waals surface area contributed by atoms with E-state index in [0.29, 0.717) is 25.0 Å². The first kappa shape index (κ1) is 17.5. The molecular weight excluding hydrogens is 310 g/mol. The van der Waals surface area contributed by atoms with Crippen LogP contribution in [0.25, 0.3) is 0 Å². The highest BCUT2D eigenvalue weighted by atomic mass is 16.5. The summed E-state index contributed by atoms with van der Waals surface area (Å²) >= 11 is 0. The predicted molar refractivity (Wildman–Crippen MR) is 101 cm³/mol. The first-order valence-corrected chi connectivity index (χ1v) is 9.29. The standard InChI is InChI=1S/C22H27NO2/c1-2-25-22(24)16-19-12-9-15-21(19)23(20-13-7-4-8-14-20)17-18-10-5-3-6-11-18/h3-8,10-11,13-14,19,21H,2,9,12,15-17H2,1H3/t19-,21-/m0/s1. The molecule has 0 amide bonds. The third kappa shape index (κ3) is 4.62. The zero-order valence-corrected chi connectivity index (χ0v) is 14.9. The van der Waals surface area contributed by atoms with Crippen molar-refractivity contribution >= 4 is 11.7 Å². The van der Waals surface area contributed by atoms with Crippen LogP contribution in [0.1, 0.15) is 38.2 Å². The molecule has 0 N–H and O–H groups in total. The second-order valence-corrected chi connectivity index (χ2v) is 6.72. The Morgan fingerprint density at radius 2 is 1.72 bits per heavy atom. The van der Waals surface area contributed by atoms with Gasteiger partial charge < -0.3 is 9.64 Å². The molecule has 3 heteroatoms. The van der Waals surface area contributed by atoms with E-state index in [4.69, 9.17) is 4.74 Å². The lowest BCUT2D eigenvalue weighted by molar-refractivity contribution is -0.144. The molecule has 1 saturated carbocycles. The molecule has 0 saturated heterocycles. The van der Waals surface area contributed by atoms with E-state index in [2.05, 4.69) is 65.6 Å². The molecule has 3 nitrogen and oxygen atoms in total. The van der Waals surface area contributed by atoms with Crippen molar-refractivity contribution in [3.63, 3.8) is 0 Å². The molecule has 0 aliphatic heterocycles. The van der Waals surface area contributed by atoms with Gasteiger partial charge in [0.2, 0.25) is 0 Å². The summed E-state index contributed by atoms with van der Waals surface area (Å²) in [5, 5.41) is 0. The Labute approximate surface area is 150 Å². The van der Waals surface area contributed by atoms with Gasteiger partial charge in [0.1, 0.15) is 0 Å². The number of ether oxygens (including phenoxy) is 1. The normalized spacial score (nSPS) is 19.6. The molecule has 2 aromatic carbocycles. The first-order chi connectivity index (χ1) is 12.3. The molecule has 0 aromatic heterocycles. The van der Waals surface area contributed by atoms with Crippen LogP contribution in [0.3, 0.4) is 0 Å². The fourth-order valence-electron chi connectivity index (χ4n) is 3.90. The minimum atomic E-state index is -0.0628. The van der Waals surface area contributed by atoms with Crippen molar-refractivity contribution in [2.45, 2.75) is 45.2 Å². The topological polar surface area (TPSA) is 29.5 Å². The number of benzene rings is 2. The summed E-state index contributed by atoms with van der Waals surface area (Å²) in [7, 11) is 0. The minimum absolute atomic E-state index is 0.0628. The zero-order chi connectivity index (χ0) is 17.5. The van der Waals surface area contributed by atoms with Crippen molar-refractivity contribution in [1.29, 1.82) is 0 Å². The number of carbonyl (C=O) groups excluding carboxylic acids is 1. The summed E-state index contributed by atoms with van der Waals surface area (Å²) in [4.78, 5) is 14.5. The van der Waals surface area contributed by atoms with E-state index in [1.165, 1.54) is 17.7 Å². The smallest absolute Gasteiger partial charge is 0.306 e. The Bertz CT molecular complexity index is 656. The van der Waals surface area contributed by atoms with Crippen LogP contribution < -0.4 is 4.90 Å². The van der Waals surface area contributed by atoms with Crippen molar-refractivity contribution in [1.82, 2.24) is 0 Å². The van der Waals surface area contributed by atoms with Gasteiger partial charge in [0.15, 0.2) is 0 Å². The molecule has 0 bridgehead atoms. The summed E-state index contributed by atoms with van der Waals surface area (Å²) in [6.07, 6.45) is 3.93. The van der Waals surface area contributed by atoms with E-state index in [0.717, 1.165) is 19.4 Å². The fourth-order valence-corrected chi connectivity index (χ4v) is 3.90. The fraction of sp³-hybridized carbons (Fsp3) is 0.409. The lowest BCUT2D eigenvalue weighted by Gasteiger charge is -2.35. The number of anilines is 1. The maximum absolute atomic E-state index is 12.0. The van der Waals surface area contributed by atoms with Gasteiger partial charge in [-0.25, -0.2) is 0 Å². The van der Waals surface area contributed by atoms with E-state index >= 15 is 0 Å². The Morgan fingerprint density at radius 3 is 2.40 bits per heavy atom. The Balaban J connectivity index is 1.81. The summed E-state index contributed by atoms with van der Waals surface area (Å²) < 4.78 is 5.20. The molecule has 25 heavy (non-hydrogen) atoms. The van der Waals surface area contributed by atoms with Crippen LogP contribution in [0.5, 0.6) is 0 Å². The summed E-state index contributed by atoms with van der Waals surface area (Å²) in [5.41, 5.74) is 2.53. The maximum atomic E-state index is 12.0. The third-order valence-corrected chi connectivity index (χ3v) is 5.04. The van der Waals surface area contributed by atoms with Gasteiger partial charge in [-0.15, -0.1) is 0 Å². The van der Waals surface area contributed by atoms with Gasteiger partial charge >= 0.3 is 5.97 Å².